The topological polar surface area (TPSA) is 95.7 Å². The molecule has 9 heteroatoms. The van der Waals surface area contributed by atoms with Crippen molar-refractivity contribution in [3.05, 3.63) is 107 Å². The van der Waals surface area contributed by atoms with Crippen LogP contribution in [0.5, 0.6) is 11.6 Å². The van der Waals surface area contributed by atoms with E-state index in [-0.39, 0.29) is 18.6 Å². The number of fused-ring (bicyclic) bond motifs is 1. The predicted molar refractivity (Wildman–Crippen MR) is 158 cm³/mol. The molecule has 0 atom stereocenters. The number of aromatic nitrogens is 3. The lowest BCUT2D eigenvalue weighted by Crippen LogP contribution is -2.10. The lowest BCUT2D eigenvalue weighted by atomic mass is 10.1. The summed E-state index contributed by atoms with van der Waals surface area (Å²) in [5.74, 6) is 0.413. The number of nitrogens with zero attached hydrogens (tertiary/aromatic N) is 3. The lowest BCUT2D eigenvalue weighted by Gasteiger charge is -2.13. The molecule has 0 bridgehead atoms. The summed E-state index contributed by atoms with van der Waals surface area (Å²) in [6.07, 6.45) is 0.224. The zero-order valence-corrected chi connectivity index (χ0v) is 23.8. The summed E-state index contributed by atoms with van der Waals surface area (Å²) in [6.45, 7) is 5.66. The standard InChI is InChI=1S/C33H32FN3O5/c1-4-41-30-16-21(2)8-9-25(30)20-42-32-7-5-6-27(36-32)23-11-10-22(26(34)17-23)19-31-35-28-13-12-24(33(38)39)18-29(28)37(31)14-15-40-3/h5-13,16-18H,4,14-15,19-20H2,1-3H3,(H,38,39). The molecule has 2 aromatic heterocycles. The second-order valence-electron chi connectivity index (χ2n) is 9.86. The molecule has 8 nitrogen and oxygen atoms in total. The third-order valence-corrected chi connectivity index (χ3v) is 6.91. The van der Waals surface area contributed by atoms with Crippen LogP contribution in [0.25, 0.3) is 22.3 Å². The van der Waals surface area contributed by atoms with Gasteiger partial charge >= 0.3 is 5.97 Å². The highest BCUT2D eigenvalue weighted by molar-refractivity contribution is 5.92. The first-order valence-corrected chi connectivity index (χ1v) is 13.7. The van der Waals surface area contributed by atoms with Crippen LogP contribution in [-0.4, -0.2) is 45.9 Å². The van der Waals surface area contributed by atoms with Crippen LogP contribution in [0.3, 0.4) is 0 Å². The van der Waals surface area contributed by atoms with Gasteiger partial charge in [0.15, 0.2) is 0 Å². The number of methoxy groups -OCH3 is 1. The Labute approximate surface area is 243 Å². The number of carboxylic acids is 1. The van der Waals surface area contributed by atoms with Gasteiger partial charge in [-0.05, 0) is 61.4 Å². The molecule has 0 spiro atoms. The number of imidazole rings is 1. The normalized spacial score (nSPS) is 11.1. The van der Waals surface area contributed by atoms with Crippen molar-refractivity contribution in [1.29, 1.82) is 0 Å². The number of aromatic carboxylic acids is 1. The number of ether oxygens (including phenoxy) is 3. The maximum absolute atomic E-state index is 15.4. The summed E-state index contributed by atoms with van der Waals surface area (Å²) in [6, 6.07) is 21.1. The molecular formula is C33H32FN3O5. The predicted octanol–water partition coefficient (Wildman–Crippen LogP) is 6.46. The molecule has 216 valence electrons. The Morgan fingerprint density at radius 3 is 2.57 bits per heavy atom. The molecule has 2 heterocycles. The van der Waals surface area contributed by atoms with E-state index in [0.717, 1.165) is 16.9 Å². The quantitative estimate of drug-likeness (QED) is 0.184. The van der Waals surface area contributed by atoms with Crippen molar-refractivity contribution in [2.45, 2.75) is 33.4 Å². The van der Waals surface area contributed by atoms with E-state index in [2.05, 4.69) is 9.97 Å². The van der Waals surface area contributed by atoms with E-state index >= 15 is 4.39 Å². The molecule has 0 fully saturated rings. The number of carboxylic acid groups (broad SMARTS) is 1. The third kappa shape index (κ3) is 6.42. The minimum absolute atomic E-state index is 0.162. The minimum Gasteiger partial charge on any atom is -0.493 e. The molecule has 42 heavy (non-hydrogen) atoms. The van der Waals surface area contributed by atoms with Crippen LogP contribution in [0.4, 0.5) is 4.39 Å². The third-order valence-electron chi connectivity index (χ3n) is 6.91. The Balaban J connectivity index is 1.36. The highest BCUT2D eigenvalue weighted by atomic mass is 19.1. The van der Waals surface area contributed by atoms with Crippen LogP contribution in [0.1, 0.15) is 39.8 Å². The first-order valence-electron chi connectivity index (χ1n) is 13.7. The number of aryl methyl sites for hydroxylation is 1. The molecular weight excluding hydrogens is 537 g/mol. The fourth-order valence-corrected chi connectivity index (χ4v) is 4.77. The minimum atomic E-state index is -1.02. The second-order valence-corrected chi connectivity index (χ2v) is 9.86. The summed E-state index contributed by atoms with van der Waals surface area (Å²) in [5, 5.41) is 9.43. The van der Waals surface area contributed by atoms with Gasteiger partial charge in [0.05, 0.1) is 35.5 Å². The van der Waals surface area contributed by atoms with Crippen molar-refractivity contribution in [3.63, 3.8) is 0 Å². The van der Waals surface area contributed by atoms with Gasteiger partial charge in [-0.25, -0.2) is 19.2 Å². The van der Waals surface area contributed by atoms with Gasteiger partial charge in [0, 0.05) is 37.3 Å². The van der Waals surface area contributed by atoms with E-state index < -0.39 is 11.8 Å². The maximum atomic E-state index is 15.4. The zero-order valence-electron chi connectivity index (χ0n) is 23.8. The molecule has 0 aliphatic heterocycles. The van der Waals surface area contributed by atoms with E-state index in [1.807, 2.05) is 54.8 Å². The number of benzene rings is 3. The molecule has 1 N–H and O–H groups in total. The summed E-state index contributed by atoms with van der Waals surface area (Å²) >= 11 is 0. The number of carbonyl (C=O) groups is 1. The highest BCUT2D eigenvalue weighted by Crippen LogP contribution is 2.27. The van der Waals surface area contributed by atoms with Gasteiger partial charge in [-0.1, -0.05) is 30.3 Å². The summed E-state index contributed by atoms with van der Waals surface area (Å²) in [4.78, 5) is 20.8. The van der Waals surface area contributed by atoms with E-state index in [4.69, 9.17) is 14.2 Å². The van der Waals surface area contributed by atoms with Crippen LogP contribution in [-0.2, 0) is 24.3 Å². The molecule has 0 radical (unpaired) electrons. The van der Waals surface area contributed by atoms with Gasteiger partial charge in [0.1, 0.15) is 24.0 Å². The van der Waals surface area contributed by atoms with Gasteiger partial charge in [0.25, 0.3) is 0 Å². The van der Waals surface area contributed by atoms with Gasteiger partial charge in [-0.2, -0.15) is 0 Å². The monoisotopic (exact) mass is 569 g/mol. The van der Waals surface area contributed by atoms with E-state index in [0.29, 0.717) is 59.3 Å². The average molecular weight is 570 g/mol. The van der Waals surface area contributed by atoms with E-state index in [1.54, 1.807) is 31.4 Å². The number of hydrogen-bond acceptors (Lipinski definition) is 6. The molecule has 0 saturated heterocycles. The Morgan fingerprint density at radius 2 is 1.81 bits per heavy atom. The SMILES string of the molecule is CCOc1cc(C)ccc1COc1cccc(-c2ccc(Cc3nc4ccc(C(=O)O)cc4n3CCOC)c(F)c2)n1. The van der Waals surface area contributed by atoms with E-state index in [9.17, 15) is 9.90 Å². The Bertz CT molecular complexity index is 1730. The summed E-state index contributed by atoms with van der Waals surface area (Å²) < 4.78 is 34.3. The maximum Gasteiger partial charge on any atom is 0.335 e. The summed E-state index contributed by atoms with van der Waals surface area (Å²) in [7, 11) is 1.59. The van der Waals surface area contributed by atoms with Crippen molar-refractivity contribution in [2.75, 3.05) is 20.3 Å². The smallest absolute Gasteiger partial charge is 0.335 e. The molecule has 0 amide bonds. The van der Waals surface area contributed by atoms with E-state index in [1.165, 1.54) is 12.1 Å². The van der Waals surface area contributed by atoms with Gasteiger partial charge in [0.2, 0.25) is 5.88 Å². The first-order chi connectivity index (χ1) is 20.4. The molecule has 0 unspecified atom stereocenters. The second kappa shape index (κ2) is 12.8. The average Bonchev–Trinajstić information content (AvgIpc) is 3.33. The Kier molecular flexibility index (Phi) is 8.78. The van der Waals surface area contributed by atoms with Crippen LogP contribution in [0, 0.1) is 12.7 Å². The van der Waals surface area contributed by atoms with Crippen LogP contribution >= 0.6 is 0 Å². The first kappa shape index (κ1) is 28.8. The Morgan fingerprint density at radius 1 is 0.976 bits per heavy atom. The summed E-state index contributed by atoms with van der Waals surface area (Å²) in [5.41, 5.74) is 5.15. The van der Waals surface area contributed by atoms with Crippen molar-refractivity contribution in [1.82, 2.24) is 14.5 Å². The zero-order chi connectivity index (χ0) is 29.6. The van der Waals surface area contributed by atoms with Crippen molar-refractivity contribution < 1.29 is 28.5 Å². The fraction of sp³-hybridized carbons (Fsp3) is 0.242. The van der Waals surface area contributed by atoms with Gasteiger partial charge in [-0.15, -0.1) is 0 Å². The molecule has 5 rings (SSSR count). The van der Waals surface area contributed by atoms with Crippen LogP contribution in [0.15, 0.2) is 72.8 Å². The number of pyridine rings is 1. The van der Waals surface area contributed by atoms with Crippen molar-refractivity contribution in [2.24, 2.45) is 0 Å². The number of hydrogen-bond donors (Lipinski definition) is 1. The molecule has 5 aromatic rings. The number of rotatable bonds is 12. The Hall–Kier alpha value is -4.76. The van der Waals surface area contributed by atoms with Gasteiger partial charge in [-0.3, -0.25) is 0 Å². The van der Waals surface area contributed by atoms with Gasteiger partial charge < -0.3 is 23.9 Å². The highest BCUT2D eigenvalue weighted by Gasteiger charge is 2.16. The van der Waals surface area contributed by atoms with Crippen LogP contribution in [0.2, 0.25) is 0 Å². The lowest BCUT2D eigenvalue weighted by molar-refractivity contribution is 0.0697. The number of halogens is 1. The molecule has 0 aliphatic rings. The van der Waals surface area contributed by atoms with Crippen LogP contribution < -0.4 is 9.47 Å². The van der Waals surface area contributed by atoms with Crippen molar-refractivity contribution in [3.8, 4) is 22.9 Å². The molecule has 3 aromatic carbocycles. The largest absolute Gasteiger partial charge is 0.493 e. The molecule has 0 aliphatic carbocycles. The molecule has 0 saturated carbocycles. The van der Waals surface area contributed by atoms with Crippen molar-refractivity contribution >= 4 is 17.0 Å². The fourth-order valence-electron chi connectivity index (χ4n) is 4.77.